The van der Waals surface area contributed by atoms with Crippen LogP contribution in [0, 0.1) is 23.7 Å². The van der Waals surface area contributed by atoms with Crippen LogP contribution in [0.2, 0.25) is 0 Å². The van der Waals surface area contributed by atoms with Gasteiger partial charge >= 0.3 is 0 Å². The van der Waals surface area contributed by atoms with E-state index in [1.807, 2.05) is 12.1 Å². The molecule has 180 valence electrons. The molecule has 1 saturated heterocycles. The molecular formula is C28H41N3O2. The van der Waals surface area contributed by atoms with Crippen molar-refractivity contribution in [3.63, 3.8) is 0 Å². The molecule has 5 rings (SSSR count). The van der Waals surface area contributed by atoms with Crippen LogP contribution in [0.15, 0.2) is 18.2 Å². The second-order valence-electron chi connectivity index (χ2n) is 11.9. The Morgan fingerprint density at radius 3 is 2.67 bits per heavy atom. The minimum Gasteiger partial charge on any atom is -0.495 e. The lowest BCUT2D eigenvalue weighted by Gasteiger charge is -2.43. The Balaban J connectivity index is 1.50. The van der Waals surface area contributed by atoms with Gasteiger partial charge in [0.05, 0.1) is 18.2 Å². The number of hydrogen-bond donors (Lipinski definition) is 1. The summed E-state index contributed by atoms with van der Waals surface area (Å²) >= 11 is 0. The van der Waals surface area contributed by atoms with Gasteiger partial charge < -0.3 is 19.5 Å². The first kappa shape index (κ1) is 22.8. The zero-order chi connectivity index (χ0) is 23.5. The number of hydrogen-bond acceptors (Lipinski definition) is 3. The number of fused-ring (bicyclic) bond motifs is 3. The third-order valence-corrected chi connectivity index (χ3v) is 9.65. The van der Waals surface area contributed by atoms with Crippen molar-refractivity contribution in [2.45, 2.75) is 84.8 Å². The van der Waals surface area contributed by atoms with Crippen LogP contribution >= 0.6 is 0 Å². The van der Waals surface area contributed by atoms with Crippen molar-refractivity contribution in [2.75, 3.05) is 20.7 Å². The third kappa shape index (κ3) is 3.50. The minimum atomic E-state index is 0.0781. The fourth-order valence-corrected chi connectivity index (χ4v) is 7.72. The summed E-state index contributed by atoms with van der Waals surface area (Å²) in [7, 11) is 3.96. The summed E-state index contributed by atoms with van der Waals surface area (Å²) in [5, 5.41) is 4.55. The van der Waals surface area contributed by atoms with Gasteiger partial charge in [-0.25, -0.2) is 0 Å². The quantitative estimate of drug-likeness (QED) is 0.641. The Hall–Kier alpha value is -2.01. The predicted molar refractivity (Wildman–Crippen MR) is 134 cm³/mol. The molecular weight excluding hydrogens is 410 g/mol. The van der Waals surface area contributed by atoms with E-state index >= 15 is 0 Å². The normalized spacial score (nSPS) is 30.9. The molecule has 5 nitrogen and oxygen atoms in total. The molecule has 2 aromatic rings. The van der Waals surface area contributed by atoms with E-state index < -0.39 is 0 Å². The van der Waals surface area contributed by atoms with Crippen LogP contribution < -0.4 is 10.1 Å². The average molecular weight is 452 g/mol. The molecule has 3 unspecified atom stereocenters. The van der Waals surface area contributed by atoms with Crippen LogP contribution in [0.25, 0.3) is 10.9 Å². The van der Waals surface area contributed by atoms with Gasteiger partial charge in [-0.15, -0.1) is 0 Å². The smallest absolute Gasteiger partial charge is 0.253 e. The SMILES string of the molecule is COc1cccc2c(C(=O)NC3C4(C)CC[C@@H](C4)C3(C)C)c(C)n(CCC3CCCN3C)c12. The Morgan fingerprint density at radius 1 is 1.24 bits per heavy atom. The first-order chi connectivity index (χ1) is 15.7. The fourth-order valence-electron chi connectivity index (χ4n) is 7.72. The number of para-hydroxylation sites is 1. The van der Waals surface area contributed by atoms with Gasteiger partial charge in [0.2, 0.25) is 0 Å². The Morgan fingerprint density at radius 2 is 2.03 bits per heavy atom. The number of likely N-dealkylation sites (tertiary alicyclic amines) is 1. The van der Waals surface area contributed by atoms with E-state index in [-0.39, 0.29) is 22.8 Å². The lowest BCUT2D eigenvalue weighted by molar-refractivity contribution is 0.0738. The molecule has 3 fully saturated rings. The molecule has 4 atom stereocenters. The van der Waals surface area contributed by atoms with Crippen molar-refractivity contribution >= 4 is 16.8 Å². The monoisotopic (exact) mass is 451 g/mol. The molecule has 2 heterocycles. The van der Waals surface area contributed by atoms with Gasteiger partial charge in [0.25, 0.3) is 5.91 Å². The Kier molecular flexibility index (Phi) is 5.55. The van der Waals surface area contributed by atoms with Crippen molar-refractivity contribution in [3.05, 3.63) is 29.5 Å². The number of ether oxygens (including phenoxy) is 1. The molecule has 1 aromatic carbocycles. The van der Waals surface area contributed by atoms with E-state index in [0.29, 0.717) is 12.0 Å². The molecule has 33 heavy (non-hydrogen) atoms. The summed E-state index contributed by atoms with van der Waals surface area (Å²) in [6, 6.07) is 6.94. The van der Waals surface area contributed by atoms with E-state index in [1.54, 1.807) is 7.11 Å². The number of aromatic nitrogens is 1. The topological polar surface area (TPSA) is 46.5 Å². The maximum Gasteiger partial charge on any atom is 0.253 e. The van der Waals surface area contributed by atoms with Gasteiger partial charge in [-0.3, -0.25) is 4.79 Å². The van der Waals surface area contributed by atoms with Crippen molar-refractivity contribution < 1.29 is 9.53 Å². The Bertz CT molecular complexity index is 1070. The summed E-state index contributed by atoms with van der Waals surface area (Å²) in [6.45, 7) is 11.3. The third-order valence-electron chi connectivity index (χ3n) is 9.65. The highest BCUT2D eigenvalue weighted by molar-refractivity contribution is 6.09. The minimum absolute atomic E-state index is 0.0781. The summed E-state index contributed by atoms with van der Waals surface area (Å²) in [4.78, 5) is 16.4. The number of nitrogens with one attached hydrogen (secondary N) is 1. The van der Waals surface area contributed by atoms with Crippen LogP contribution in [0.1, 0.15) is 75.3 Å². The van der Waals surface area contributed by atoms with E-state index in [9.17, 15) is 4.79 Å². The molecule has 3 aliphatic rings. The molecule has 2 bridgehead atoms. The van der Waals surface area contributed by atoms with Crippen LogP contribution in [0.4, 0.5) is 0 Å². The number of amides is 1. The lowest BCUT2D eigenvalue weighted by Crippen LogP contribution is -2.52. The average Bonchev–Trinajstić information content (AvgIpc) is 3.49. The standard InChI is InChI=1S/C28H41N3O2/c1-18-23(25(32)29-26-27(2,3)19-12-14-28(26,4)17-19)21-10-7-11-22(33-6)24(21)31(18)16-13-20-9-8-15-30(20)5/h7,10-11,19-20,26H,8-9,12-17H2,1-6H3,(H,29,32)/t19-,20?,26?,28?/m0/s1. The van der Waals surface area contributed by atoms with Crippen molar-refractivity contribution in [1.82, 2.24) is 14.8 Å². The number of benzene rings is 1. The number of carbonyl (C=O) groups excluding carboxylic acids is 1. The van der Waals surface area contributed by atoms with Gasteiger partial charge in [0.15, 0.2) is 0 Å². The van der Waals surface area contributed by atoms with Crippen LogP contribution in [-0.2, 0) is 6.54 Å². The van der Waals surface area contributed by atoms with Gasteiger partial charge in [0, 0.05) is 29.7 Å². The maximum absolute atomic E-state index is 13.9. The molecule has 0 radical (unpaired) electrons. The summed E-state index contributed by atoms with van der Waals surface area (Å²) in [6.07, 6.45) is 7.37. The van der Waals surface area contributed by atoms with Gasteiger partial charge in [-0.05, 0) is 81.9 Å². The maximum atomic E-state index is 13.9. The number of nitrogens with zero attached hydrogens (tertiary/aromatic N) is 2. The van der Waals surface area contributed by atoms with E-state index in [2.05, 4.69) is 55.6 Å². The molecule has 5 heteroatoms. The largest absolute Gasteiger partial charge is 0.495 e. The van der Waals surface area contributed by atoms with E-state index in [1.165, 1.54) is 38.6 Å². The number of carbonyl (C=O) groups is 1. The second-order valence-corrected chi connectivity index (χ2v) is 11.9. The summed E-state index contributed by atoms with van der Waals surface area (Å²) in [5.74, 6) is 1.63. The summed E-state index contributed by atoms with van der Waals surface area (Å²) < 4.78 is 8.11. The molecule has 1 amide bonds. The van der Waals surface area contributed by atoms with Crippen LogP contribution in [-0.4, -0.2) is 48.2 Å². The highest BCUT2D eigenvalue weighted by atomic mass is 16.5. The van der Waals surface area contributed by atoms with Crippen molar-refractivity contribution in [1.29, 1.82) is 0 Å². The molecule has 2 saturated carbocycles. The van der Waals surface area contributed by atoms with Gasteiger partial charge in [0.1, 0.15) is 5.75 Å². The first-order valence-electron chi connectivity index (χ1n) is 12.8. The molecule has 1 aliphatic heterocycles. The fraction of sp³-hybridized carbons (Fsp3) is 0.679. The van der Waals surface area contributed by atoms with Crippen molar-refractivity contribution in [2.24, 2.45) is 16.7 Å². The molecule has 1 N–H and O–H groups in total. The second kappa shape index (κ2) is 8.04. The molecule has 0 spiro atoms. The predicted octanol–water partition coefficient (Wildman–Crippen LogP) is 5.39. The molecule has 1 aromatic heterocycles. The Labute approximate surface area is 198 Å². The number of aryl methyl sites for hydroxylation is 1. The van der Waals surface area contributed by atoms with Crippen LogP contribution in [0.3, 0.4) is 0 Å². The van der Waals surface area contributed by atoms with Gasteiger partial charge in [-0.1, -0.05) is 32.9 Å². The van der Waals surface area contributed by atoms with Crippen LogP contribution in [0.5, 0.6) is 5.75 Å². The summed E-state index contributed by atoms with van der Waals surface area (Å²) in [5.41, 5.74) is 3.28. The van der Waals surface area contributed by atoms with E-state index in [4.69, 9.17) is 4.74 Å². The lowest BCUT2D eigenvalue weighted by atomic mass is 9.68. The highest BCUT2D eigenvalue weighted by Crippen LogP contribution is 2.62. The first-order valence-corrected chi connectivity index (χ1v) is 12.8. The highest BCUT2D eigenvalue weighted by Gasteiger charge is 2.59. The van der Waals surface area contributed by atoms with Gasteiger partial charge in [-0.2, -0.15) is 0 Å². The molecule has 2 aliphatic carbocycles. The zero-order valence-corrected chi connectivity index (χ0v) is 21.3. The van der Waals surface area contributed by atoms with E-state index in [0.717, 1.165) is 40.9 Å². The number of rotatable bonds is 6. The van der Waals surface area contributed by atoms with Crippen molar-refractivity contribution in [3.8, 4) is 5.75 Å². The number of methoxy groups -OCH3 is 1. The zero-order valence-electron chi connectivity index (χ0n) is 21.3.